The van der Waals surface area contributed by atoms with Crippen LogP contribution in [0.5, 0.6) is 0 Å². The van der Waals surface area contributed by atoms with Crippen molar-refractivity contribution in [2.45, 2.75) is 25.1 Å². The average Bonchev–Trinajstić information content (AvgIpc) is 2.88. The van der Waals surface area contributed by atoms with Crippen molar-refractivity contribution >= 4 is 17.3 Å². The maximum atomic E-state index is 14.5. The standard InChI is InChI=1S/C28H27F4N3O/c29-23-8-4-5-9-25(23)34-14-15-35-24-11-10-21(28(30,31)32)16-20(24)17-22(26(35)18-34)27(36)33-13-12-19-6-2-1-3-7-19/h1-11,16,22,26H,12-15,17-18H2,(H,33,36). The Balaban J connectivity index is 1.41. The van der Waals surface area contributed by atoms with Crippen molar-refractivity contribution in [3.8, 4) is 0 Å². The van der Waals surface area contributed by atoms with Gasteiger partial charge in [-0.25, -0.2) is 4.39 Å². The molecule has 2 aliphatic heterocycles. The smallest absolute Gasteiger partial charge is 0.365 e. The molecule has 36 heavy (non-hydrogen) atoms. The Morgan fingerprint density at radius 2 is 1.69 bits per heavy atom. The van der Waals surface area contributed by atoms with Crippen LogP contribution >= 0.6 is 0 Å². The summed E-state index contributed by atoms with van der Waals surface area (Å²) in [6, 6.07) is 19.8. The predicted molar refractivity (Wildman–Crippen MR) is 132 cm³/mol. The SMILES string of the molecule is O=C(NCCc1ccccc1)C1Cc2cc(C(F)(F)F)ccc2N2CCN(c3ccccc3F)CC12. The third-order valence-corrected chi connectivity index (χ3v) is 7.12. The highest BCUT2D eigenvalue weighted by Crippen LogP contribution is 2.40. The minimum atomic E-state index is -4.46. The number of anilines is 2. The maximum absolute atomic E-state index is 14.5. The first kappa shape index (κ1) is 24.2. The molecule has 0 aromatic heterocycles. The van der Waals surface area contributed by atoms with Crippen molar-refractivity contribution in [1.82, 2.24) is 5.32 Å². The average molecular weight is 498 g/mol. The van der Waals surface area contributed by atoms with Crippen LogP contribution in [-0.4, -0.2) is 38.1 Å². The summed E-state index contributed by atoms with van der Waals surface area (Å²) >= 11 is 0. The van der Waals surface area contributed by atoms with Gasteiger partial charge in [0.1, 0.15) is 5.82 Å². The molecule has 0 saturated carbocycles. The van der Waals surface area contributed by atoms with E-state index in [-0.39, 0.29) is 24.2 Å². The molecule has 1 saturated heterocycles. The van der Waals surface area contributed by atoms with E-state index in [1.807, 2.05) is 40.1 Å². The van der Waals surface area contributed by atoms with Crippen LogP contribution in [0.3, 0.4) is 0 Å². The molecule has 2 atom stereocenters. The second-order valence-electron chi connectivity index (χ2n) is 9.34. The summed E-state index contributed by atoms with van der Waals surface area (Å²) in [4.78, 5) is 17.3. The molecule has 0 spiro atoms. The van der Waals surface area contributed by atoms with Crippen LogP contribution < -0.4 is 15.1 Å². The summed E-state index contributed by atoms with van der Waals surface area (Å²) in [5.41, 5.74) is 2.08. The van der Waals surface area contributed by atoms with Crippen LogP contribution in [0.4, 0.5) is 28.9 Å². The number of fused-ring (bicyclic) bond motifs is 3. The van der Waals surface area contributed by atoms with Crippen LogP contribution in [0.25, 0.3) is 0 Å². The normalized spacial score (nSPS) is 19.4. The number of nitrogens with zero attached hydrogens (tertiary/aromatic N) is 2. The molecule has 1 amide bonds. The van der Waals surface area contributed by atoms with Gasteiger partial charge in [0.15, 0.2) is 0 Å². The Labute approximate surface area is 207 Å². The summed E-state index contributed by atoms with van der Waals surface area (Å²) in [5.74, 6) is -1.09. The van der Waals surface area contributed by atoms with E-state index in [0.29, 0.717) is 43.9 Å². The van der Waals surface area contributed by atoms with Crippen molar-refractivity contribution in [2.24, 2.45) is 5.92 Å². The Kier molecular flexibility index (Phi) is 6.60. The molecule has 2 heterocycles. The molecule has 8 heteroatoms. The predicted octanol–water partition coefficient (Wildman–Crippen LogP) is 5.07. The van der Waals surface area contributed by atoms with Crippen molar-refractivity contribution in [1.29, 1.82) is 0 Å². The van der Waals surface area contributed by atoms with Crippen LogP contribution in [0.2, 0.25) is 0 Å². The van der Waals surface area contributed by atoms with Crippen molar-refractivity contribution in [3.63, 3.8) is 0 Å². The van der Waals surface area contributed by atoms with Crippen molar-refractivity contribution < 1.29 is 22.4 Å². The van der Waals surface area contributed by atoms with E-state index < -0.39 is 17.7 Å². The van der Waals surface area contributed by atoms with E-state index in [1.165, 1.54) is 18.2 Å². The van der Waals surface area contributed by atoms with E-state index in [1.54, 1.807) is 18.2 Å². The summed E-state index contributed by atoms with van der Waals surface area (Å²) in [7, 11) is 0. The Hall–Kier alpha value is -3.55. The second kappa shape index (κ2) is 9.84. The van der Waals surface area contributed by atoms with E-state index >= 15 is 0 Å². The van der Waals surface area contributed by atoms with Gasteiger partial charge in [0.05, 0.1) is 23.2 Å². The number of hydrogen-bond acceptors (Lipinski definition) is 3. The molecule has 188 valence electrons. The molecule has 1 fully saturated rings. The number of rotatable bonds is 5. The zero-order valence-corrected chi connectivity index (χ0v) is 19.6. The molecule has 5 rings (SSSR count). The highest BCUT2D eigenvalue weighted by Gasteiger charge is 2.43. The van der Waals surface area contributed by atoms with Crippen molar-refractivity contribution in [3.05, 3.63) is 95.3 Å². The first-order chi connectivity index (χ1) is 17.3. The van der Waals surface area contributed by atoms with Crippen LogP contribution in [0, 0.1) is 11.7 Å². The second-order valence-corrected chi connectivity index (χ2v) is 9.34. The zero-order valence-electron chi connectivity index (χ0n) is 19.6. The van der Waals surface area contributed by atoms with Gasteiger partial charge in [-0.3, -0.25) is 4.79 Å². The number of carbonyl (C=O) groups excluding carboxylic acids is 1. The fourth-order valence-electron chi connectivity index (χ4n) is 5.33. The van der Waals surface area contributed by atoms with Gasteiger partial charge >= 0.3 is 6.18 Å². The van der Waals surface area contributed by atoms with Gasteiger partial charge in [0.25, 0.3) is 0 Å². The lowest BCUT2D eigenvalue weighted by Gasteiger charge is -2.49. The maximum Gasteiger partial charge on any atom is 0.416 e. The van der Waals surface area contributed by atoms with Gasteiger partial charge in [0, 0.05) is 31.9 Å². The first-order valence-electron chi connectivity index (χ1n) is 12.1. The molecule has 2 unspecified atom stereocenters. The van der Waals surface area contributed by atoms with Gasteiger partial charge in [-0.2, -0.15) is 13.2 Å². The Morgan fingerprint density at radius 1 is 0.944 bits per heavy atom. The Bertz CT molecular complexity index is 1230. The number of alkyl halides is 3. The first-order valence-corrected chi connectivity index (χ1v) is 12.1. The summed E-state index contributed by atoms with van der Waals surface area (Å²) in [6.07, 6.45) is -3.60. The van der Waals surface area contributed by atoms with Gasteiger partial charge < -0.3 is 15.1 Å². The highest BCUT2D eigenvalue weighted by molar-refractivity contribution is 5.82. The Morgan fingerprint density at radius 3 is 2.44 bits per heavy atom. The quantitative estimate of drug-likeness (QED) is 0.500. The number of nitrogens with one attached hydrogen (secondary N) is 1. The molecule has 0 aliphatic carbocycles. The van der Waals surface area contributed by atoms with Gasteiger partial charge in [-0.15, -0.1) is 0 Å². The molecule has 3 aromatic rings. The van der Waals surface area contributed by atoms with Crippen molar-refractivity contribution in [2.75, 3.05) is 36.0 Å². The number of amides is 1. The van der Waals surface area contributed by atoms with E-state index in [0.717, 1.165) is 17.3 Å². The highest BCUT2D eigenvalue weighted by atomic mass is 19.4. The van der Waals surface area contributed by atoms with Gasteiger partial charge in [0.2, 0.25) is 5.91 Å². The number of hydrogen-bond donors (Lipinski definition) is 1. The third kappa shape index (κ3) is 4.90. The van der Waals surface area contributed by atoms with Gasteiger partial charge in [-0.05, 0) is 54.3 Å². The fraction of sp³-hybridized carbons (Fsp3) is 0.321. The lowest BCUT2D eigenvalue weighted by molar-refractivity contribution is -0.137. The zero-order chi connectivity index (χ0) is 25.3. The fourth-order valence-corrected chi connectivity index (χ4v) is 5.33. The number of para-hydroxylation sites is 1. The number of benzene rings is 3. The van der Waals surface area contributed by atoms with E-state index in [2.05, 4.69) is 5.32 Å². The largest absolute Gasteiger partial charge is 0.416 e. The molecule has 1 N–H and O–H groups in total. The molecular formula is C28H27F4N3O. The lowest BCUT2D eigenvalue weighted by Crippen LogP contribution is -2.61. The summed E-state index contributed by atoms with van der Waals surface area (Å²) in [6.45, 7) is 1.81. The number of carbonyl (C=O) groups is 1. The molecular weight excluding hydrogens is 470 g/mol. The molecule has 0 radical (unpaired) electrons. The van der Waals surface area contributed by atoms with Crippen LogP contribution in [0.1, 0.15) is 16.7 Å². The molecule has 3 aromatic carbocycles. The van der Waals surface area contributed by atoms with Crippen LogP contribution in [0.15, 0.2) is 72.8 Å². The minimum Gasteiger partial charge on any atom is -0.365 e. The van der Waals surface area contributed by atoms with Gasteiger partial charge in [-0.1, -0.05) is 42.5 Å². The monoisotopic (exact) mass is 497 g/mol. The molecule has 2 aliphatic rings. The minimum absolute atomic E-state index is 0.195. The molecule has 0 bridgehead atoms. The third-order valence-electron chi connectivity index (χ3n) is 7.12. The van der Waals surface area contributed by atoms with Crippen LogP contribution in [-0.2, 0) is 23.8 Å². The number of halogens is 4. The lowest BCUT2D eigenvalue weighted by atomic mass is 9.82. The molecule has 4 nitrogen and oxygen atoms in total. The van der Waals surface area contributed by atoms with E-state index in [9.17, 15) is 22.4 Å². The number of piperazine rings is 1. The summed E-state index contributed by atoms with van der Waals surface area (Å²) < 4.78 is 54.8. The van der Waals surface area contributed by atoms with E-state index in [4.69, 9.17) is 0 Å². The topological polar surface area (TPSA) is 35.6 Å². The summed E-state index contributed by atoms with van der Waals surface area (Å²) in [5, 5.41) is 3.00.